The second-order valence-corrected chi connectivity index (χ2v) is 6.87. The third-order valence-corrected chi connectivity index (χ3v) is 5.09. The predicted octanol–water partition coefficient (Wildman–Crippen LogP) is 2.66. The molecule has 3 heterocycles. The number of amides is 1. The van der Waals surface area contributed by atoms with Crippen molar-refractivity contribution in [1.82, 2.24) is 30.0 Å². The first-order valence-corrected chi connectivity index (χ1v) is 9.34. The third kappa shape index (κ3) is 4.00. The number of hydrogen-bond donors (Lipinski definition) is 1. The van der Waals surface area contributed by atoms with Crippen LogP contribution in [0.1, 0.15) is 42.1 Å². The van der Waals surface area contributed by atoms with E-state index in [0.29, 0.717) is 17.5 Å². The van der Waals surface area contributed by atoms with E-state index in [1.54, 1.807) is 31.8 Å². The molecule has 1 saturated carbocycles. The van der Waals surface area contributed by atoms with E-state index in [2.05, 4.69) is 25.4 Å². The van der Waals surface area contributed by atoms with Crippen LogP contribution in [0.3, 0.4) is 0 Å². The van der Waals surface area contributed by atoms with Crippen LogP contribution in [0, 0.1) is 0 Å². The average molecular weight is 378 g/mol. The highest BCUT2D eigenvalue weighted by atomic mass is 16.5. The minimum Gasteiger partial charge on any atom is -0.481 e. The van der Waals surface area contributed by atoms with Crippen molar-refractivity contribution in [3.8, 4) is 17.1 Å². The fraction of sp³-hybridized carbons (Fsp3) is 0.350. The zero-order valence-corrected chi connectivity index (χ0v) is 15.7. The van der Waals surface area contributed by atoms with E-state index in [4.69, 9.17) is 4.74 Å². The lowest BCUT2D eigenvalue weighted by molar-refractivity contribution is 0.0921. The number of ether oxygens (including phenoxy) is 1. The molecule has 1 amide bonds. The average Bonchev–Trinajstić information content (AvgIpc) is 3.25. The van der Waals surface area contributed by atoms with Crippen LogP contribution in [0.5, 0.6) is 5.88 Å². The number of aromatic nitrogens is 5. The second-order valence-electron chi connectivity index (χ2n) is 6.87. The van der Waals surface area contributed by atoms with Crippen molar-refractivity contribution in [2.75, 3.05) is 7.11 Å². The minimum atomic E-state index is -0.0938. The zero-order chi connectivity index (χ0) is 19.3. The molecule has 0 saturated heterocycles. The number of nitrogens with zero attached hydrogens (tertiary/aromatic N) is 5. The molecule has 0 spiro atoms. The maximum Gasteiger partial charge on any atom is 0.253 e. The Bertz CT molecular complexity index is 917. The molecule has 0 bridgehead atoms. The standard InChI is InChI=1S/C20H22N6O2/c1-28-19-7-2-14(10-22-19)20(27)25-16-3-5-17(6-4-16)26-12-15(11-24-26)18-8-9-21-13-23-18/h2,7-13,16-17H,3-6H2,1H3,(H,25,27). The lowest BCUT2D eigenvalue weighted by Gasteiger charge is -2.29. The summed E-state index contributed by atoms with van der Waals surface area (Å²) in [6.07, 6.45) is 12.5. The summed E-state index contributed by atoms with van der Waals surface area (Å²) in [5, 5.41) is 7.62. The van der Waals surface area contributed by atoms with E-state index in [1.165, 1.54) is 6.20 Å². The molecule has 3 aromatic heterocycles. The van der Waals surface area contributed by atoms with E-state index < -0.39 is 0 Å². The molecular formula is C20H22N6O2. The van der Waals surface area contributed by atoms with Gasteiger partial charge < -0.3 is 10.1 Å². The van der Waals surface area contributed by atoms with E-state index in [0.717, 1.165) is 36.9 Å². The number of rotatable bonds is 5. The number of carbonyl (C=O) groups excluding carboxylic acids is 1. The van der Waals surface area contributed by atoms with Gasteiger partial charge in [0.25, 0.3) is 5.91 Å². The molecule has 4 rings (SSSR count). The molecule has 8 nitrogen and oxygen atoms in total. The summed E-state index contributed by atoms with van der Waals surface area (Å²) in [6.45, 7) is 0. The van der Waals surface area contributed by atoms with Gasteiger partial charge in [0, 0.05) is 36.3 Å². The van der Waals surface area contributed by atoms with Crippen LogP contribution in [0.25, 0.3) is 11.3 Å². The van der Waals surface area contributed by atoms with E-state index >= 15 is 0 Å². The van der Waals surface area contributed by atoms with Crippen LogP contribution in [0.15, 0.2) is 49.3 Å². The van der Waals surface area contributed by atoms with Gasteiger partial charge in [-0.1, -0.05) is 0 Å². The van der Waals surface area contributed by atoms with Crippen LogP contribution < -0.4 is 10.1 Å². The van der Waals surface area contributed by atoms with Gasteiger partial charge in [0.1, 0.15) is 6.33 Å². The van der Waals surface area contributed by atoms with Crippen LogP contribution in [0.2, 0.25) is 0 Å². The summed E-state index contributed by atoms with van der Waals surface area (Å²) >= 11 is 0. The lowest BCUT2D eigenvalue weighted by Crippen LogP contribution is -2.38. The summed E-state index contributed by atoms with van der Waals surface area (Å²) in [5.74, 6) is 0.404. The number of methoxy groups -OCH3 is 1. The first kappa shape index (κ1) is 18.1. The van der Waals surface area contributed by atoms with E-state index in [9.17, 15) is 4.79 Å². The molecule has 1 N–H and O–H groups in total. The van der Waals surface area contributed by atoms with Gasteiger partial charge in [-0.15, -0.1) is 0 Å². The molecule has 3 aromatic rings. The van der Waals surface area contributed by atoms with Gasteiger partial charge >= 0.3 is 0 Å². The van der Waals surface area contributed by atoms with Gasteiger partial charge in [-0.25, -0.2) is 15.0 Å². The van der Waals surface area contributed by atoms with Crippen molar-refractivity contribution in [2.24, 2.45) is 0 Å². The smallest absolute Gasteiger partial charge is 0.253 e. The third-order valence-electron chi connectivity index (χ3n) is 5.09. The van der Waals surface area contributed by atoms with E-state index in [1.807, 2.05) is 23.1 Å². The number of pyridine rings is 1. The van der Waals surface area contributed by atoms with Gasteiger partial charge in [0.15, 0.2) is 0 Å². The molecule has 1 aliphatic rings. The Morgan fingerprint density at radius 3 is 2.68 bits per heavy atom. The van der Waals surface area contributed by atoms with Crippen molar-refractivity contribution in [1.29, 1.82) is 0 Å². The van der Waals surface area contributed by atoms with Crippen LogP contribution >= 0.6 is 0 Å². The normalized spacial score (nSPS) is 19.2. The van der Waals surface area contributed by atoms with Gasteiger partial charge in [0.05, 0.1) is 30.6 Å². The molecule has 0 aromatic carbocycles. The molecule has 144 valence electrons. The summed E-state index contributed by atoms with van der Waals surface area (Å²) < 4.78 is 7.04. The lowest BCUT2D eigenvalue weighted by atomic mass is 9.91. The van der Waals surface area contributed by atoms with Crippen molar-refractivity contribution in [2.45, 2.75) is 37.8 Å². The van der Waals surface area contributed by atoms with Crippen LogP contribution in [0.4, 0.5) is 0 Å². The van der Waals surface area contributed by atoms with Crippen molar-refractivity contribution < 1.29 is 9.53 Å². The Balaban J connectivity index is 1.32. The highest BCUT2D eigenvalue weighted by Gasteiger charge is 2.24. The van der Waals surface area contributed by atoms with Crippen molar-refractivity contribution >= 4 is 5.91 Å². The SMILES string of the molecule is COc1ccc(C(=O)NC2CCC(n3cc(-c4ccncn4)cn3)CC2)cn1. The number of carbonyl (C=O) groups is 1. The summed E-state index contributed by atoms with van der Waals surface area (Å²) in [5.41, 5.74) is 2.41. The number of nitrogens with one attached hydrogen (secondary N) is 1. The number of hydrogen-bond acceptors (Lipinski definition) is 6. The first-order chi connectivity index (χ1) is 13.7. The molecule has 0 atom stereocenters. The highest BCUT2D eigenvalue weighted by molar-refractivity contribution is 5.94. The summed E-state index contributed by atoms with van der Waals surface area (Å²) in [4.78, 5) is 24.7. The fourth-order valence-corrected chi connectivity index (χ4v) is 3.52. The molecule has 1 aliphatic carbocycles. The van der Waals surface area contributed by atoms with E-state index in [-0.39, 0.29) is 11.9 Å². The molecular weight excluding hydrogens is 356 g/mol. The van der Waals surface area contributed by atoms with Gasteiger partial charge in [-0.2, -0.15) is 5.10 Å². The van der Waals surface area contributed by atoms with Crippen LogP contribution in [-0.2, 0) is 0 Å². The van der Waals surface area contributed by atoms with Crippen molar-refractivity contribution in [3.63, 3.8) is 0 Å². The Labute approximate surface area is 163 Å². The molecule has 0 radical (unpaired) electrons. The largest absolute Gasteiger partial charge is 0.481 e. The quantitative estimate of drug-likeness (QED) is 0.733. The maximum absolute atomic E-state index is 12.4. The monoisotopic (exact) mass is 378 g/mol. The Morgan fingerprint density at radius 1 is 1.14 bits per heavy atom. The van der Waals surface area contributed by atoms with Crippen LogP contribution in [-0.4, -0.2) is 43.8 Å². The maximum atomic E-state index is 12.4. The molecule has 0 aliphatic heterocycles. The molecule has 1 fully saturated rings. The Hall–Kier alpha value is -3.29. The Kier molecular flexibility index (Phi) is 5.27. The minimum absolute atomic E-state index is 0.0938. The van der Waals surface area contributed by atoms with Crippen molar-refractivity contribution in [3.05, 3.63) is 54.9 Å². The summed E-state index contributed by atoms with van der Waals surface area (Å²) in [7, 11) is 1.55. The second kappa shape index (κ2) is 8.16. The Morgan fingerprint density at radius 2 is 2.00 bits per heavy atom. The topological polar surface area (TPSA) is 94.8 Å². The molecule has 8 heteroatoms. The molecule has 28 heavy (non-hydrogen) atoms. The van der Waals surface area contributed by atoms with Gasteiger partial charge in [-0.3, -0.25) is 9.48 Å². The van der Waals surface area contributed by atoms with Gasteiger partial charge in [0.2, 0.25) is 5.88 Å². The zero-order valence-electron chi connectivity index (χ0n) is 15.7. The first-order valence-electron chi connectivity index (χ1n) is 9.34. The van der Waals surface area contributed by atoms with Gasteiger partial charge in [-0.05, 0) is 37.8 Å². The fourth-order valence-electron chi connectivity index (χ4n) is 3.52. The molecule has 0 unspecified atom stereocenters. The summed E-state index contributed by atoms with van der Waals surface area (Å²) in [6, 6.07) is 5.81. The highest BCUT2D eigenvalue weighted by Crippen LogP contribution is 2.29. The predicted molar refractivity (Wildman–Crippen MR) is 103 cm³/mol.